The van der Waals surface area contributed by atoms with Crippen molar-refractivity contribution < 1.29 is 8.78 Å². The lowest BCUT2D eigenvalue weighted by atomic mass is 10.00. The van der Waals surface area contributed by atoms with E-state index in [-0.39, 0.29) is 5.82 Å². The molecule has 4 heteroatoms. The van der Waals surface area contributed by atoms with Gasteiger partial charge in [0.25, 0.3) is 0 Å². The summed E-state index contributed by atoms with van der Waals surface area (Å²) in [4.78, 5) is 5.88. The molecule has 1 aliphatic rings. The summed E-state index contributed by atoms with van der Waals surface area (Å²) in [6.07, 6.45) is 0.755. The molecule has 18 heavy (non-hydrogen) atoms. The van der Waals surface area contributed by atoms with E-state index in [0.29, 0.717) is 12.4 Å². The summed E-state index contributed by atoms with van der Waals surface area (Å²) in [5.41, 5.74) is 2.11. The molecule has 0 spiro atoms. The molecule has 0 unspecified atom stereocenters. The maximum absolute atomic E-state index is 13.1. The second-order valence-corrected chi connectivity index (χ2v) is 4.40. The maximum Gasteiger partial charge on any atom is 0.214 e. The lowest BCUT2D eigenvalue weighted by Crippen LogP contribution is -2.31. The number of aromatic nitrogens is 1. The second-order valence-electron chi connectivity index (χ2n) is 4.40. The van der Waals surface area contributed by atoms with Crippen LogP contribution in [0.3, 0.4) is 0 Å². The Labute approximate surface area is 104 Å². The van der Waals surface area contributed by atoms with Crippen molar-refractivity contribution in [3.8, 4) is 0 Å². The normalized spacial score (nSPS) is 14.4. The van der Waals surface area contributed by atoms with E-state index in [9.17, 15) is 8.78 Å². The predicted molar refractivity (Wildman–Crippen MR) is 65.3 cm³/mol. The third kappa shape index (κ3) is 2.06. The van der Waals surface area contributed by atoms with Gasteiger partial charge in [0.2, 0.25) is 5.95 Å². The first-order valence-electron chi connectivity index (χ1n) is 5.87. The summed E-state index contributed by atoms with van der Waals surface area (Å²) in [5, 5.41) is 0. The Balaban J connectivity index is 1.89. The van der Waals surface area contributed by atoms with Gasteiger partial charge in [-0.1, -0.05) is 12.1 Å². The molecule has 92 valence electrons. The first-order chi connectivity index (χ1) is 8.72. The van der Waals surface area contributed by atoms with Crippen molar-refractivity contribution in [3.63, 3.8) is 0 Å². The third-order valence-corrected chi connectivity index (χ3v) is 3.20. The standard InChI is InChI=1S/C14H12F2N2/c15-12-5-4-11-9-18(7-6-10(11)8-12)14-3-1-2-13(16)17-14/h1-5,8H,6-7,9H2. The van der Waals surface area contributed by atoms with E-state index < -0.39 is 5.95 Å². The number of pyridine rings is 1. The molecule has 0 amide bonds. The fourth-order valence-electron chi connectivity index (χ4n) is 2.29. The molecule has 0 radical (unpaired) electrons. The van der Waals surface area contributed by atoms with Crippen LogP contribution in [-0.2, 0) is 13.0 Å². The zero-order valence-electron chi connectivity index (χ0n) is 9.74. The number of halogens is 2. The molecule has 3 rings (SSSR count). The predicted octanol–water partition coefficient (Wildman–Crippen LogP) is 2.92. The minimum absolute atomic E-state index is 0.203. The highest BCUT2D eigenvalue weighted by Crippen LogP contribution is 2.23. The molecule has 0 saturated heterocycles. The van der Waals surface area contributed by atoms with E-state index in [4.69, 9.17) is 0 Å². The Morgan fingerprint density at radius 1 is 1.06 bits per heavy atom. The van der Waals surface area contributed by atoms with Crippen LogP contribution in [0.5, 0.6) is 0 Å². The van der Waals surface area contributed by atoms with E-state index >= 15 is 0 Å². The monoisotopic (exact) mass is 246 g/mol. The van der Waals surface area contributed by atoms with Crippen LogP contribution in [0.4, 0.5) is 14.6 Å². The molecule has 0 aliphatic carbocycles. The van der Waals surface area contributed by atoms with Crippen LogP contribution < -0.4 is 4.90 Å². The van der Waals surface area contributed by atoms with Crippen molar-refractivity contribution in [3.05, 3.63) is 59.3 Å². The number of nitrogens with zero attached hydrogens (tertiary/aromatic N) is 2. The molecule has 0 N–H and O–H groups in total. The Hall–Kier alpha value is -1.97. The number of rotatable bonds is 1. The summed E-state index contributed by atoms with van der Waals surface area (Å²) < 4.78 is 26.2. The van der Waals surface area contributed by atoms with Crippen molar-refractivity contribution in [1.29, 1.82) is 0 Å². The highest BCUT2D eigenvalue weighted by Gasteiger charge is 2.17. The van der Waals surface area contributed by atoms with E-state index in [1.165, 1.54) is 12.1 Å². The van der Waals surface area contributed by atoms with Crippen molar-refractivity contribution in [1.82, 2.24) is 4.98 Å². The number of hydrogen-bond donors (Lipinski definition) is 0. The average molecular weight is 246 g/mol. The van der Waals surface area contributed by atoms with E-state index in [1.54, 1.807) is 24.3 Å². The van der Waals surface area contributed by atoms with Gasteiger partial charge in [-0.3, -0.25) is 0 Å². The molecule has 0 saturated carbocycles. The van der Waals surface area contributed by atoms with Gasteiger partial charge in [-0.15, -0.1) is 0 Å². The highest BCUT2D eigenvalue weighted by molar-refractivity contribution is 5.43. The Morgan fingerprint density at radius 3 is 2.78 bits per heavy atom. The van der Waals surface area contributed by atoms with E-state index in [2.05, 4.69) is 4.98 Å². The van der Waals surface area contributed by atoms with Crippen LogP contribution in [0.2, 0.25) is 0 Å². The van der Waals surface area contributed by atoms with Gasteiger partial charge >= 0.3 is 0 Å². The highest BCUT2D eigenvalue weighted by atomic mass is 19.1. The largest absolute Gasteiger partial charge is 0.352 e. The fourth-order valence-corrected chi connectivity index (χ4v) is 2.29. The molecule has 0 atom stereocenters. The number of benzene rings is 1. The van der Waals surface area contributed by atoms with Crippen molar-refractivity contribution in [2.24, 2.45) is 0 Å². The molecular formula is C14H12F2N2. The van der Waals surface area contributed by atoms with Crippen LogP contribution in [0.15, 0.2) is 36.4 Å². The zero-order valence-corrected chi connectivity index (χ0v) is 9.74. The maximum atomic E-state index is 13.1. The Bertz CT molecular complexity index is 584. The van der Waals surface area contributed by atoms with Crippen LogP contribution >= 0.6 is 0 Å². The van der Waals surface area contributed by atoms with Crippen LogP contribution in [-0.4, -0.2) is 11.5 Å². The summed E-state index contributed by atoms with van der Waals surface area (Å²) in [6, 6.07) is 9.59. The van der Waals surface area contributed by atoms with Gasteiger partial charge in [0.15, 0.2) is 0 Å². The zero-order chi connectivity index (χ0) is 12.5. The molecular weight excluding hydrogens is 234 g/mol. The molecule has 1 aromatic heterocycles. The van der Waals surface area contributed by atoms with Gasteiger partial charge in [-0.2, -0.15) is 4.39 Å². The Kier molecular flexibility index (Phi) is 2.70. The lowest BCUT2D eigenvalue weighted by molar-refractivity contribution is 0.578. The van der Waals surface area contributed by atoms with Gasteiger partial charge in [0.05, 0.1) is 0 Å². The molecule has 2 nitrogen and oxygen atoms in total. The van der Waals surface area contributed by atoms with E-state index in [0.717, 1.165) is 24.1 Å². The second kappa shape index (κ2) is 4.37. The van der Waals surface area contributed by atoms with Crippen LogP contribution in [0.1, 0.15) is 11.1 Å². The minimum atomic E-state index is -0.475. The molecule has 2 aromatic rings. The SMILES string of the molecule is Fc1ccc2c(c1)CCN(c1cccc(F)n1)C2. The molecule has 0 bridgehead atoms. The minimum Gasteiger partial charge on any atom is -0.352 e. The molecule has 2 heterocycles. The van der Waals surface area contributed by atoms with Crippen molar-refractivity contribution >= 4 is 5.82 Å². The average Bonchev–Trinajstić information content (AvgIpc) is 2.38. The summed E-state index contributed by atoms with van der Waals surface area (Å²) in [6.45, 7) is 1.37. The topological polar surface area (TPSA) is 16.1 Å². The Morgan fingerprint density at radius 2 is 1.94 bits per heavy atom. The molecule has 1 aromatic carbocycles. The fraction of sp³-hybridized carbons (Fsp3) is 0.214. The first kappa shape index (κ1) is 11.1. The van der Waals surface area contributed by atoms with Gasteiger partial charge in [-0.05, 0) is 41.8 Å². The summed E-state index contributed by atoms with van der Waals surface area (Å²) in [5.74, 6) is -0.0477. The van der Waals surface area contributed by atoms with Crippen LogP contribution in [0, 0.1) is 11.8 Å². The smallest absolute Gasteiger partial charge is 0.214 e. The summed E-state index contributed by atoms with van der Waals surface area (Å²) in [7, 11) is 0. The number of hydrogen-bond acceptors (Lipinski definition) is 2. The van der Waals surface area contributed by atoms with Crippen molar-refractivity contribution in [2.75, 3.05) is 11.4 Å². The quantitative estimate of drug-likeness (QED) is 0.719. The van der Waals surface area contributed by atoms with Gasteiger partial charge < -0.3 is 4.90 Å². The van der Waals surface area contributed by atoms with E-state index in [1.807, 2.05) is 4.90 Å². The molecule has 0 fully saturated rings. The van der Waals surface area contributed by atoms with Gasteiger partial charge in [0.1, 0.15) is 11.6 Å². The van der Waals surface area contributed by atoms with Gasteiger partial charge in [0, 0.05) is 13.1 Å². The summed E-state index contributed by atoms with van der Waals surface area (Å²) >= 11 is 0. The van der Waals surface area contributed by atoms with Crippen molar-refractivity contribution in [2.45, 2.75) is 13.0 Å². The number of fused-ring (bicyclic) bond motifs is 1. The number of anilines is 1. The molecule has 1 aliphatic heterocycles. The lowest BCUT2D eigenvalue weighted by Gasteiger charge is -2.29. The third-order valence-electron chi connectivity index (χ3n) is 3.20. The van der Waals surface area contributed by atoms with Gasteiger partial charge in [-0.25, -0.2) is 9.37 Å². The van der Waals surface area contributed by atoms with Crippen LogP contribution in [0.25, 0.3) is 0 Å². The first-order valence-corrected chi connectivity index (χ1v) is 5.87.